The molecule has 1 N–H and O–H groups in total. The Balaban J connectivity index is 1.61. The molecule has 1 fully saturated rings. The lowest BCUT2D eigenvalue weighted by Gasteiger charge is -2.32. The topological polar surface area (TPSA) is 38.3 Å². The zero-order valence-corrected chi connectivity index (χ0v) is 12.8. The van der Waals surface area contributed by atoms with Crippen LogP contribution in [0.4, 0.5) is 5.69 Å². The van der Waals surface area contributed by atoms with Gasteiger partial charge in [0.05, 0.1) is 5.92 Å². The van der Waals surface area contributed by atoms with E-state index in [0.29, 0.717) is 12.5 Å². The molecule has 1 aliphatic carbocycles. The van der Waals surface area contributed by atoms with E-state index in [-0.39, 0.29) is 18.0 Å². The van der Waals surface area contributed by atoms with E-state index in [1.54, 1.807) is 0 Å². The predicted molar refractivity (Wildman–Crippen MR) is 84.3 cm³/mol. The zero-order valence-electron chi connectivity index (χ0n) is 12.8. The number of para-hydroxylation sites is 1. The number of hydrogen-bond donors (Lipinski definition) is 1. The summed E-state index contributed by atoms with van der Waals surface area (Å²) in [6, 6.07) is 8.23. The van der Waals surface area contributed by atoms with Gasteiger partial charge in [0.25, 0.3) is 0 Å². The molecule has 2 aliphatic rings. The third-order valence-corrected chi connectivity index (χ3v) is 4.99. The number of rotatable bonds is 3. The third-order valence-electron chi connectivity index (χ3n) is 4.99. The Kier molecular flexibility index (Phi) is 4.47. The largest absolute Gasteiger partial charge is 0.462 e. The lowest BCUT2D eigenvalue weighted by molar-refractivity contribution is -0.158. The van der Waals surface area contributed by atoms with Crippen molar-refractivity contribution in [2.45, 2.75) is 51.6 Å². The van der Waals surface area contributed by atoms with Crippen molar-refractivity contribution in [3.8, 4) is 0 Å². The number of ether oxygens (including phenoxy) is 1. The van der Waals surface area contributed by atoms with E-state index in [9.17, 15) is 4.79 Å². The number of hydrogen-bond acceptors (Lipinski definition) is 3. The van der Waals surface area contributed by atoms with Crippen LogP contribution in [0.25, 0.3) is 0 Å². The highest BCUT2D eigenvalue weighted by molar-refractivity contribution is 5.75. The summed E-state index contributed by atoms with van der Waals surface area (Å²) in [5, 5.41) is 3.36. The first-order valence-corrected chi connectivity index (χ1v) is 8.30. The normalized spacial score (nSPS) is 28.3. The predicted octanol–water partition coefficient (Wildman–Crippen LogP) is 3.78. The molecule has 0 spiro atoms. The van der Waals surface area contributed by atoms with Crippen LogP contribution < -0.4 is 5.32 Å². The van der Waals surface area contributed by atoms with Gasteiger partial charge in [-0.1, -0.05) is 31.5 Å². The zero-order chi connectivity index (χ0) is 14.7. The number of nitrogens with one attached hydrogen (secondary N) is 1. The van der Waals surface area contributed by atoms with Crippen molar-refractivity contribution in [2.75, 3.05) is 11.9 Å². The number of anilines is 1. The fourth-order valence-electron chi connectivity index (χ4n) is 3.65. The number of benzene rings is 1. The molecule has 1 aromatic rings. The molecule has 1 heterocycles. The summed E-state index contributed by atoms with van der Waals surface area (Å²) in [4.78, 5) is 12.5. The third kappa shape index (κ3) is 3.22. The first kappa shape index (κ1) is 14.4. The first-order valence-electron chi connectivity index (χ1n) is 8.30. The number of fused-ring (bicyclic) bond motifs is 1. The van der Waals surface area contributed by atoms with Crippen LogP contribution in [0.5, 0.6) is 0 Å². The highest BCUT2D eigenvalue weighted by Gasteiger charge is 2.31. The minimum atomic E-state index is -0.0423. The smallest absolute Gasteiger partial charge is 0.311 e. The van der Waals surface area contributed by atoms with Crippen molar-refractivity contribution in [1.29, 1.82) is 0 Å². The maximum atomic E-state index is 12.5. The summed E-state index contributed by atoms with van der Waals surface area (Å²) in [6.07, 6.45) is 6.79. The molecule has 114 valence electrons. The van der Waals surface area contributed by atoms with E-state index >= 15 is 0 Å². The number of carbonyl (C=O) groups excluding carboxylic acids is 1. The van der Waals surface area contributed by atoms with Gasteiger partial charge in [0.1, 0.15) is 6.10 Å². The van der Waals surface area contributed by atoms with Crippen molar-refractivity contribution < 1.29 is 9.53 Å². The SMILES string of the molecule is CCC1CCCCC1OC(=O)C1CNc2ccccc2C1. The molecular weight excluding hydrogens is 262 g/mol. The summed E-state index contributed by atoms with van der Waals surface area (Å²) in [7, 11) is 0. The second-order valence-corrected chi connectivity index (χ2v) is 6.37. The molecule has 3 rings (SSSR count). The summed E-state index contributed by atoms with van der Waals surface area (Å²) >= 11 is 0. The highest BCUT2D eigenvalue weighted by atomic mass is 16.5. The van der Waals surface area contributed by atoms with Gasteiger partial charge in [-0.25, -0.2) is 0 Å². The van der Waals surface area contributed by atoms with Crippen molar-refractivity contribution in [1.82, 2.24) is 0 Å². The fourth-order valence-corrected chi connectivity index (χ4v) is 3.65. The average molecular weight is 287 g/mol. The molecule has 21 heavy (non-hydrogen) atoms. The molecule has 3 unspecified atom stereocenters. The molecular formula is C18H25NO2. The van der Waals surface area contributed by atoms with E-state index in [1.807, 2.05) is 12.1 Å². The van der Waals surface area contributed by atoms with Crippen molar-refractivity contribution in [3.05, 3.63) is 29.8 Å². The molecule has 1 aliphatic heterocycles. The molecule has 3 nitrogen and oxygen atoms in total. The van der Waals surface area contributed by atoms with Crippen LogP contribution in [-0.4, -0.2) is 18.6 Å². The lowest BCUT2D eigenvalue weighted by Crippen LogP contribution is -2.36. The summed E-state index contributed by atoms with van der Waals surface area (Å²) in [5.41, 5.74) is 2.38. The Morgan fingerprint density at radius 3 is 2.95 bits per heavy atom. The van der Waals surface area contributed by atoms with E-state index in [1.165, 1.54) is 24.8 Å². The second kappa shape index (κ2) is 6.50. The van der Waals surface area contributed by atoms with E-state index in [0.717, 1.165) is 24.9 Å². The van der Waals surface area contributed by atoms with Gasteiger partial charge in [0.15, 0.2) is 0 Å². The summed E-state index contributed by atoms with van der Waals surface area (Å²) in [6.45, 7) is 2.90. The molecule has 0 radical (unpaired) electrons. The molecule has 3 heteroatoms. The van der Waals surface area contributed by atoms with E-state index < -0.39 is 0 Å². The van der Waals surface area contributed by atoms with Crippen LogP contribution >= 0.6 is 0 Å². The van der Waals surface area contributed by atoms with Gasteiger partial charge in [-0.3, -0.25) is 4.79 Å². The van der Waals surface area contributed by atoms with Gasteiger partial charge in [0.2, 0.25) is 0 Å². The van der Waals surface area contributed by atoms with Crippen molar-refractivity contribution >= 4 is 11.7 Å². The summed E-state index contributed by atoms with van der Waals surface area (Å²) in [5.74, 6) is 0.508. The van der Waals surface area contributed by atoms with Gasteiger partial charge in [-0.05, 0) is 49.7 Å². The Morgan fingerprint density at radius 1 is 1.29 bits per heavy atom. The van der Waals surface area contributed by atoms with Gasteiger partial charge >= 0.3 is 5.97 Å². The molecule has 1 aromatic carbocycles. The van der Waals surface area contributed by atoms with Gasteiger partial charge in [-0.15, -0.1) is 0 Å². The van der Waals surface area contributed by atoms with Gasteiger partial charge < -0.3 is 10.1 Å². The average Bonchev–Trinajstić information content (AvgIpc) is 2.55. The Labute approximate surface area is 127 Å². The van der Waals surface area contributed by atoms with E-state index in [2.05, 4.69) is 24.4 Å². The van der Waals surface area contributed by atoms with Crippen molar-refractivity contribution in [2.24, 2.45) is 11.8 Å². The molecule has 0 amide bonds. The number of carbonyl (C=O) groups is 1. The number of esters is 1. The Hall–Kier alpha value is -1.51. The van der Waals surface area contributed by atoms with Crippen LogP contribution in [0.3, 0.4) is 0 Å². The molecule has 3 atom stereocenters. The molecule has 1 saturated carbocycles. The Bertz CT molecular complexity index is 500. The van der Waals surface area contributed by atoms with Crippen LogP contribution in [-0.2, 0) is 16.0 Å². The quantitative estimate of drug-likeness (QED) is 0.860. The summed E-state index contributed by atoms with van der Waals surface area (Å²) < 4.78 is 5.87. The lowest BCUT2D eigenvalue weighted by atomic mass is 9.84. The van der Waals surface area contributed by atoms with Gasteiger partial charge in [0, 0.05) is 12.2 Å². The maximum absolute atomic E-state index is 12.5. The Morgan fingerprint density at radius 2 is 2.10 bits per heavy atom. The molecule has 0 aromatic heterocycles. The fraction of sp³-hybridized carbons (Fsp3) is 0.611. The molecule has 0 saturated heterocycles. The first-order chi connectivity index (χ1) is 10.3. The van der Waals surface area contributed by atoms with Crippen LogP contribution in [0.2, 0.25) is 0 Å². The van der Waals surface area contributed by atoms with Crippen LogP contribution in [0, 0.1) is 11.8 Å². The molecule has 0 bridgehead atoms. The monoisotopic (exact) mass is 287 g/mol. The maximum Gasteiger partial charge on any atom is 0.311 e. The minimum Gasteiger partial charge on any atom is -0.462 e. The van der Waals surface area contributed by atoms with Gasteiger partial charge in [-0.2, -0.15) is 0 Å². The standard InChI is InChI=1S/C18H25NO2/c1-2-13-7-4-6-10-17(13)21-18(20)15-11-14-8-3-5-9-16(14)19-12-15/h3,5,8-9,13,15,17,19H,2,4,6-7,10-12H2,1H3. The van der Waals surface area contributed by atoms with Crippen LogP contribution in [0.1, 0.15) is 44.6 Å². The highest BCUT2D eigenvalue weighted by Crippen LogP contribution is 2.31. The minimum absolute atomic E-state index is 0.0117. The van der Waals surface area contributed by atoms with Crippen LogP contribution in [0.15, 0.2) is 24.3 Å². The second-order valence-electron chi connectivity index (χ2n) is 6.37. The van der Waals surface area contributed by atoms with Crippen molar-refractivity contribution in [3.63, 3.8) is 0 Å². The van der Waals surface area contributed by atoms with E-state index in [4.69, 9.17) is 4.74 Å².